The zero-order chi connectivity index (χ0) is 54.1. The first kappa shape index (κ1) is 58.5. The average Bonchev–Trinajstić information content (AvgIpc) is 3.36. The van der Waals surface area contributed by atoms with Crippen LogP contribution >= 0.6 is 0 Å². The van der Waals surface area contributed by atoms with E-state index in [1.54, 1.807) is 30.3 Å². The number of aliphatic carboxylic acids is 1. The van der Waals surface area contributed by atoms with Gasteiger partial charge in [0.05, 0.1) is 30.7 Å². The molecule has 1 saturated heterocycles. The van der Waals surface area contributed by atoms with Crippen LogP contribution in [0.2, 0.25) is 0 Å². The number of nitrogens with two attached hydrogens (primary N) is 1. The summed E-state index contributed by atoms with van der Waals surface area (Å²) in [7, 11) is 1.17. The highest BCUT2D eigenvalue weighted by molar-refractivity contribution is 5.93. The Balaban J connectivity index is 1.61. The number of aliphatic hydroxyl groups is 4. The minimum Gasteiger partial charge on any atom is -0.490 e. The second kappa shape index (κ2) is 28.3. The molecular formula is C52H72N6O16. The highest BCUT2D eigenvalue weighted by Gasteiger charge is 2.47. The van der Waals surface area contributed by atoms with Crippen LogP contribution in [0.4, 0.5) is 5.69 Å². The van der Waals surface area contributed by atoms with E-state index < -0.39 is 125 Å². The number of carboxylic acids is 1. The minimum atomic E-state index is -2.45. The van der Waals surface area contributed by atoms with E-state index in [-0.39, 0.29) is 48.5 Å². The Morgan fingerprint density at radius 2 is 1.58 bits per heavy atom. The van der Waals surface area contributed by atoms with Crippen LogP contribution in [0.25, 0.3) is 0 Å². The maximum Gasteiger partial charge on any atom is 0.335 e. The lowest BCUT2D eigenvalue weighted by Gasteiger charge is -2.42. The number of aliphatic hydroxyl groups excluding tert-OH is 4. The van der Waals surface area contributed by atoms with Crippen LogP contribution in [-0.4, -0.2) is 129 Å². The molecular weight excluding hydrogens is 965 g/mol. The molecule has 0 radical (unpaired) electrons. The summed E-state index contributed by atoms with van der Waals surface area (Å²) in [5.41, 5.74) is 5.98. The Morgan fingerprint density at radius 1 is 0.905 bits per heavy atom. The van der Waals surface area contributed by atoms with Gasteiger partial charge < -0.3 is 71.5 Å². The van der Waals surface area contributed by atoms with Gasteiger partial charge in [-0.05, 0) is 53.6 Å². The Labute approximate surface area is 429 Å². The van der Waals surface area contributed by atoms with Crippen LogP contribution in [0.5, 0.6) is 23.0 Å². The van der Waals surface area contributed by atoms with Gasteiger partial charge in [0.25, 0.3) is 0 Å². The summed E-state index contributed by atoms with van der Waals surface area (Å²) < 4.78 is 24.2. The third kappa shape index (κ3) is 16.3. The Hall–Kier alpha value is -6.43. The van der Waals surface area contributed by atoms with Crippen LogP contribution in [0.15, 0.2) is 60.7 Å². The molecule has 3 heterocycles. The summed E-state index contributed by atoms with van der Waals surface area (Å²) in [6.07, 6.45) is -0.450. The first-order chi connectivity index (χ1) is 35.3. The number of hydrogen-bond acceptors (Lipinski definition) is 16. The summed E-state index contributed by atoms with van der Waals surface area (Å²) in [4.78, 5) is 80.6. The molecule has 3 aliphatic rings. The number of unbranched alkanes of at least 4 members (excludes halogenated alkanes) is 8. The van der Waals surface area contributed by atoms with Crippen molar-refractivity contribution < 1.29 is 73.4 Å². The van der Waals surface area contributed by atoms with Gasteiger partial charge in [-0.25, -0.2) is 4.79 Å². The van der Waals surface area contributed by atoms with Crippen molar-refractivity contribution >= 4 is 35.3 Å². The highest BCUT2D eigenvalue weighted by Crippen LogP contribution is 2.45. The van der Waals surface area contributed by atoms with E-state index in [4.69, 9.17) is 24.7 Å². The summed E-state index contributed by atoms with van der Waals surface area (Å²) >= 11 is 0. The third-order valence-electron chi connectivity index (χ3n) is 12.9. The number of nitrogens with one attached hydrogen (secondary N) is 4. The van der Waals surface area contributed by atoms with Crippen molar-refractivity contribution in [3.8, 4) is 23.0 Å². The van der Waals surface area contributed by atoms with Gasteiger partial charge in [0, 0.05) is 25.3 Å². The fraction of sp³-hybridized carbons (Fsp3) is 0.558. The fourth-order valence-electron chi connectivity index (χ4n) is 8.91. The molecule has 22 heteroatoms. The lowest BCUT2D eigenvalue weighted by atomic mass is 9.96. The summed E-state index contributed by atoms with van der Waals surface area (Å²) in [6.45, 7) is 5.03. The molecule has 0 spiro atoms. The van der Waals surface area contributed by atoms with Crippen LogP contribution in [0.3, 0.4) is 0 Å². The Morgan fingerprint density at radius 3 is 2.20 bits per heavy atom. The van der Waals surface area contributed by atoms with Crippen molar-refractivity contribution in [1.82, 2.24) is 21.3 Å². The number of hydrogen-bond donors (Lipinski definition) is 10. The molecule has 0 aromatic heterocycles. The molecule has 1 fully saturated rings. The van der Waals surface area contributed by atoms with Crippen molar-refractivity contribution in [2.75, 3.05) is 13.7 Å². The highest BCUT2D eigenvalue weighted by atomic mass is 16.7. The van der Waals surface area contributed by atoms with E-state index in [2.05, 4.69) is 28.2 Å². The molecule has 4 bridgehead atoms. The standard InChI is InChI=1S/C52H72N6O16/c1-5-6-7-8-9-10-11-12-16-19-41(60)56-43-45(62)44(61)40(28-59)74-52(43)73-39-27-32-26-38(47(39)71-4)72-37-21-20-31(25-36(37)58(69)70)24-35(54-48(64)33(53)22-29(2)3)49(65)55-34(23-30-17-14-13-15-18-30)50(66)57-42(32)46(63)51(67)68/h13-15,17-18,20-21,25-27,29,33-35,40,42-46,52,59,61-63H,5-12,16,19,22-24,28,53H2,1-4H3,(H,54,64)(H,55,65)(H,56,60)(H,57,66)(H,67,68)/t33-,34+,35-,40-,42-,43-,44-,45-,46-,52-/m1/s1. The Kier molecular flexibility index (Phi) is 22.4. The molecule has 4 amide bonds. The van der Waals surface area contributed by atoms with Crippen molar-refractivity contribution in [2.45, 2.75) is 165 Å². The topological polar surface area (TPSA) is 341 Å². The minimum absolute atomic E-state index is 0.00421. The number of carbonyl (C=O) groups excluding carboxylic acids is 4. The number of methoxy groups -OCH3 is 1. The number of fused-ring (bicyclic) bond motifs is 9. The van der Waals surface area contributed by atoms with Crippen molar-refractivity contribution in [2.24, 2.45) is 11.7 Å². The maximum atomic E-state index is 14.6. The van der Waals surface area contributed by atoms with Gasteiger partial charge in [-0.1, -0.05) is 109 Å². The normalized spacial score (nSPS) is 22.9. The molecule has 0 saturated carbocycles. The molecule has 6 rings (SSSR count). The predicted octanol–water partition coefficient (Wildman–Crippen LogP) is 3.36. The van der Waals surface area contributed by atoms with E-state index in [9.17, 15) is 59.6 Å². The number of ether oxygens (including phenoxy) is 4. The fourth-order valence-corrected chi connectivity index (χ4v) is 8.91. The lowest BCUT2D eigenvalue weighted by Crippen LogP contribution is -2.65. The maximum absolute atomic E-state index is 14.6. The second-order valence-electron chi connectivity index (χ2n) is 19.2. The number of nitro groups is 1. The van der Waals surface area contributed by atoms with E-state index in [1.165, 1.54) is 32.1 Å². The molecule has 3 aromatic carbocycles. The quantitative estimate of drug-likeness (QED) is 0.0349. The van der Waals surface area contributed by atoms with Crippen molar-refractivity contribution in [1.29, 1.82) is 0 Å². The first-order valence-corrected chi connectivity index (χ1v) is 25.2. The Bertz CT molecular complexity index is 2370. The number of rotatable bonds is 24. The number of amides is 4. The van der Waals surface area contributed by atoms with Crippen LogP contribution in [0, 0.1) is 16.0 Å². The van der Waals surface area contributed by atoms with E-state index in [0.717, 1.165) is 56.7 Å². The van der Waals surface area contributed by atoms with E-state index in [1.807, 2.05) is 13.8 Å². The molecule has 22 nitrogen and oxygen atoms in total. The number of carboxylic acid groups (broad SMARTS) is 1. The van der Waals surface area contributed by atoms with E-state index in [0.29, 0.717) is 12.0 Å². The molecule has 3 aromatic rings. The van der Waals surface area contributed by atoms with Gasteiger partial charge in [-0.2, -0.15) is 0 Å². The van der Waals surface area contributed by atoms with Gasteiger partial charge in [-0.3, -0.25) is 29.3 Å². The number of carbonyl (C=O) groups is 5. The van der Waals surface area contributed by atoms with Gasteiger partial charge >= 0.3 is 11.7 Å². The van der Waals surface area contributed by atoms with Crippen LogP contribution in [-0.2, 0) is 41.6 Å². The molecule has 74 heavy (non-hydrogen) atoms. The SMILES string of the molecule is CCCCCCCCCCCC(=O)N[C@H]1[C@H](Oc2cc3cc(c2OC)Oc2ccc(cc2[N+](=O)[O-])C[C@@H](NC(=O)[C@H](N)CC(C)C)C(=O)N[C@@H](Cc2ccccc2)C(=O)N[C@H]3[C@@H](O)C(=O)O)O[C@H](CO)[C@@H](O)[C@@H]1O. The molecule has 10 atom stereocenters. The smallest absolute Gasteiger partial charge is 0.335 e. The van der Waals surface area contributed by atoms with Crippen molar-refractivity contribution in [3.63, 3.8) is 0 Å². The van der Waals surface area contributed by atoms with Crippen LogP contribution < -0.4 is 41.2 Å². The molecule has 3 aliphatic heterocycles. The van der Waals surface area contributed by atoms with Gasteiger partial charge in [-0.15, -0.1) is 0 Å². The molecule has 11 N–H and O–H groups in total. The summed E-state index contributed by atoms with van der Waals surface area (Å²) in [6, 6.07) is 6.91. The zero-order valence-electron chi connectivity index (χ0n) is 42.3. The largest absolute Gasteiger partial charge is 0.490 e. The first-order valence-electron chi connectivity index (χ1n) is 25.2. The lowest BCUT2D eigenvalue weighted by molar-refractivity contribution is -0.385. The summed E-state index contributed by atoms with van der Waals surface area (Å²) in [5, 5.41) is 77.5. The predicted molar refractivity (Wildman–Crippen MR) is 268 cm³/mol. The van der Waals surface area contributed by atoms with Gasteiger partial charge in [0.15, 0.2) is 17.6 Å². The van der Waals surface area contributed by atoms with Crippen molar-refractivity contribution in [3.05, 3.63) is 87.5 Å². The summed E-state index contributed by atoms with van der Waals surface area (Å²) in [5.74, 6) is -6.54. The average molecular weight is 1040 g/mol. The van der Waals surface area contributed by atoms with Crippen LogP contribution in [0.1, 0.15) is 114 Å². The monoisotopic (exact) mass is 1040 g/mol. The number of nitro benzene ring substituents is 1. The van der Waals surface area contributed by atoms with Gasteiger partial charge in [0.2, 0.25) is 41.4 Å². The zero-order valence-corrected chi connectivity index (χ0v) is 42.3. The molecule has 406 valence electrons. The number of benzene rings is 3. The molecule has 0 unspecified atom stereocenters. The third-order valence-corrected chi connectivity index (χ3v) is 12.9. The number of nitrogens with zero attached hydrogens (tertiary/aromatic N) is 1. The second-order valence-corrected chi connectivity index (χ2v) is 19.2. The molecule has 0 aliphatic carbocycles. The van der Waals surface area contributed by atoms with E-state index >= 15 is 0 Å². The van der Waals surface area contributed by atoms with Gasteiger partial charge in [0.1, 0.15) is 36.4 Å².